The van der Waals surface area contributed by atoms with E-state index in [2.05, 4.69) is 0 Å². The number of nitro benzene ring substituents is 1. The first-order valence-corrected chi connectivity index (χ1v) is 3.90. The average molecular weight is 219 g/mol. The number of rotatable bonds is 3. The number of nitrogens with zero attached hydrogens (tertiary/aromatic N) is 1. The molecule has 0 spiro atoms. The number of aliphatic hydroxyl groups excluding tert-OH is 2. The first-order valence-electron chi connectivity index (χ1n) is 3.90. The van der Waals surface area contributed by atoms with Gasteiger partial charge in [0.1, 0.15) is 11.9 Å². The highest BCUT2D eigenvalue weighted by Gasteiger charge is 2.25. The molecule has 0 heterocycles. The molecule has 0 saturated heterocycles. The van der Waals surface area contributed by atoms with E-state index in [9.17, 15) is 18.9 Å². The Morgan fingerprint density at radius 1 is 1.47 bits per heavy atom. The van der Waals surface area contributed by atoms with Gasteiger partial charge in [0, 0.05) is 6.07 Å². The minimum atomic E-state index is -1.81. The predicted octanol–water partition coefficient (Wildman–Crippen LogP) is 0.899. The molecule has 1 aromatic carbocycles. The van der Waals surface area contributed by atoms with Crippen LogP contribution in [0.25, 0.3) is 0 Å². The summed E-state index contributed by atoms with van der Waals surface area (Å²) in [6, 6.07) is 1.31. The average Bonchev–Trinajstić information content (AvgIpc) is 2.16. The zero-order chi connectivity index (χ0) is 11.6. The van der Waals surface area contributed by atoms with Gasteiger partial charge >= 0.3 is 5.69 Å². The van der Waals surface area contributed by atoms with E-state index in [0.717, 1.165) is 0 Å². The molecule has 0 aliphatic rings. The summed E-state index contributed by atoms with van der Waals surface area (Å²) in [6.07, 6.45) is -1.81. The Bertz CT molecular complexity index is 396. The maximum Gasteiger partial charge on any atom is 0.305 e. The quantitative estimate of drug-likeness (QED) is 0.584. The SMILES string of the molecule is O=[N+]([O-])c1ccc(F)c(C(O)CO)c1F. The van der Waals surface area contributed by atoms with E-state index in [4.69, 9.17) is 10.2 Å². The third kappa shape index (κ3) is 2.08. The van der Waals surface area contributed by atoms with Crippen molar-refractivity contribution >= 4 is 5.69 Å². The molecular formula is C8H7F2NO4. The fourth-order valence-corrected chi connectivity index (χ4v) is 1.10. The maximum atomic E-state index is 13.3. The molecule has 2 N–H and O–H groups in total. The molecule has 1 unspecified atom stereocenters. The number of benzene rings is 1. The summed E-state index contributed by atoms with van der Waals surface area (Å²) >= 11 is 0. The molecule has 0 saturated carbocycles. The Balaban J connectivity index is 3.36. The van der Waals surface area contributed by atoms with E-state index in [1.54, 1.807) is 0 Å². The van der Waals surface area contributed by atoms with Crippen LogP contribution in [0.2, 0.25) is 0 Å². The van der Waals surface area contributed by atoms with E-state index in [-0.39, 0.29) is 0 Å². The molecule has 82 valence electrons. The molecule has 7 heteroatoms. The van der Waals surface area contributed by atoms with Crippen LogP contribution in [0.3, 0.4) is 0 Å². The summed E-state index contributed by atoms with van der Waals surface area (Å²) in [7, 11) is 0. The van der Waals surface area contributed by atoms with Crippen molar-refractivity contribution in [3.05, 3.63) is 39.4 Å². The third-order valence-electron chi connectivity index (χ3n) is 1.81. The number of aliphatic hydroxyl groups is 2. The second-order valence-electron chi connectivity index (χ2n) is 2.75. The monoisotopic (exact) mass is 219 g/mol. The summed E-state index contributed by atoms with van der Waals surface area (Å²) in [4.78, 5) is 9.26. The summed E-state index contributed by atoms with van der Waals surface area (Å²) in [6.45, 7) is -0.922. The van der Waals surface area contributed by atoms with Gasteiger partial charge < -0.3 is 10.2 Å². The Labute approximate surface area is 82.7 Å². The van der Waals surface area contributed by atoms with Crippen molar-refractivity contribution in [2.75, 3.05) is 6.61 Å². The molecule has 0 aliphatic heterocycles. The van der Waals surface area contributed by atoms with Crippen molar-refractivity contribution in [1.29, 1.82) is 0 Å². The van der Waals surface area contributed by atoms with Crippen LogP contribution in [0.15, 0.2) is 12.1 Å². The molecule has 0 fully saturated rings. The van der Waals surface area contributed by atoms with Crippen LogP contribution in [-0.4, -0.2) is 21.7 Å². The van der Waals surface area contributed by atoms with E-state index in [1.165, 1.54) is 0 Å². The predicted molar refractivity (Wildman–Crippen MR) is 45.1 cm³/mol. The number of nitro groups is 1. The van der Waals surface area contributed by atoms with E-state index >= 15 is 0 Å². The Hall–Kier alpha value is -1.60. The highest BCUT2D eigenvalue weighted by Crippen LogP contribution is 2.27. The van der Waals surface area contributed by atoms with Gasteiger partial charge in [-0.25, -0.2) is 4.39 Å². The summed E-state index contributed by atoms with van der Waals surface area (Å²) in [5, 5.41) is 27.9. The van der Waals surface area contributed by atoms with Crippen molar-refractivity contribution in [2.45, 2.75) is 6.10 Å². The highest BCUT2D eigenvalue weighted by molar-refractivity contribution is 5.38. The Morgan fingerprint density at radius 2 is 2.07 bits per heavy atom. The van der Waals surface area contributed by atoms with E-state index in [1.807, 2.05) is 0 Å². The van der Waals surface area contributed by atoms with Crippen molar-refractivity contribution in [3.63, 3.8) is 0 Å². The fourth-order valence-electron chi connectivity index (χ4n) is 1.10. The first-order chi connectivity index (χ1) is 6.99. The van der Waals surface area contributed by atoms with Crippen LogP contribution in [0.1, 0.15) is 11.7 Å². The molecule has 0 aliphatic carbocycles. The van der Waals surface area contributed by atoms with Gasteiger partial charge in [0.15, 0.2) is 0 Å². The Kier molecular flexibility index (Phi) is 3.28. The van der Waals surface area contributed by atoms with Gasteiger partial charge in [-0.1, -0.05) is 0 Å². The van der Waals surface area contributed by atoms with Gasteiger partial charge in [0.05, 0.1) is 17.1 Å². The lowest BCUT2D eigenvalue weighted by Crippen LogP contribution is -2.09. The van der Waals surface area contributed by atoms with Gasteiger partial charge in [-0.2, -0.15) is 4.39 Å². The van der Waals surface area contributed by atoms with Gasteiger partial charge in [-0.3, -0.25) is 10.1 Å². The summed E-state index contributed by atoms with van der Waals surface area (Å²) in [5.74, 6) is -2.61. The van der Waals surface area contributed by atoms with Gasteiger partial charge in [-0.05, 0) is 6.07 Å². The van der Waals surface area contributed by atoms with E-state index in [0.29, 0.717) is 12.1 Å². The van der Waals surface area contributed by atoms with Crippen LogP contribution in [0.5, 0.6) is 0 Å². The molecule has 0 radical (unpaired) electrons. The normalized spacial score (nSPS) is 12.5. The van der Waals surface area contributed by atoms with E-state index < -0.39 is 40.5 Å². The van der Waals surface area contributed by atoms with Gasteiger partial charge in [0.2, 0.25) is 5.82 Å². The molecule has 1 aromatic rings. The zero-order valence-electron chi connectivity index (χ0n) is 7.35. The Morgan fingerprint density at radius 3 is 2.53 bits per heavy atom. The first kappa shape index (κ1) is 11.5. The second kappa shape index (κ2) is 4.28. The van der Waals surface area contributed by atoms with Crippen molar-refractivity contribution < 1.29 is 23.9 Å². The van der Waals surface area contributed by atoms with Crippen LogP contribution >= 0.6 is 0 Å². The highest BCUT2D eigenvalue weighted by atomic mass is 19.1. The molecule has 15 heavy (non-hydrogen) atoms. The maximum absolute atomic E-state index is 13.3. The smallest absolute Gasteiger partial charge is 0.305 e. The lowest BCUT2D eigenvalue weighted by molar-refractivity contribution is -0.387. The van der Waals surface area contributed by atoms with Crippen LogP contribution in [0, 0.1) is 21.7 Å². The largest absolute Gasteiger partial charge is 0.393 e. The zero-order valence-corrected chi connectivity index (χ0v) is 7.35. The molecule has 0 aromatic heterocycles. The summed E-state index contributed by atoms with van der Waals surface area (Å²) in [5.41, 5.74) is -1.84. The lowest BCUT2D eigenvalue weighted by Gasteiger charge is -2.09. The van der Waals surface area contributed by atoms with Gasteiger partial charge in [-0.15, -0.1) is 0 Å². The summed E-state index contributed by atoms with van der Waals surface area (Å²) < 4.78 is 26.3. The molecule has 1 atom stereocenters. The third-order valence-corrected chi connectivity index (χ3v) is 1.81. The molecule has 0 amide bonds. The topological polar surface area (TPSA) is 83.6 Å². The number of hydrogen-bond donors (Lipinski definition) is 2. The molecule has 5 nitrogen and oxygen atoms in total. The van der Waals surface area contributed by atoms with Crippen LogP contribution in [0.4, 0.5) is 14.5 Å². The number of halogens is 2. The van der Waals surface area contributed by atoms with Crippen molar-refractivity contribution in [1.82, 2.24) is 0 Å². The van der Waals surface area contributed by atoms with Crippen molar-refractivity contribution in [2.24, 2.45) is 0 Å². The van der Waals surface area contributed by atoms with Gasteiger partial charge in [0.25, 0.3) is 0 Å². The van der Waals surface area contributed by atoms with Crippen LogP contribution < -0.4 is 0 Å². The second-order valence-corrected chi connectivity index (χ2v) is 2.75. The standard InChI is InChI=1S/C8H7F2NO4/c9-4-1-2-5(11(14)15)8(10)7(4)6(13)3-12/h1-2,6,12-13H,3H2. The number of hydrogen-bond acceptors (Lipinski definition) is 4. The van der Waals surface area contributed by atoms with Crippen molar-refractivity contribution in [3.8, 4) is 0 Å². The minimum Gasteiger partial charge on any atom is -0.393 e. The molecular weight excluding hydrogens is 212 g/mol. The minimum absolute atomic E-state index is 0.651. The fraction of sp³-hybridized carbons (Fsp3) is 0.250. The lowest BCUT2D eigenvalue weighted by atomic mass is 10.1. The molecule has 0 bridgehead atoms. The van der Waals surface area contributed by atoms with Crippen LogP contribution in [-0.2, 0) is 0 Å². The molecule has 1 rings (SSSR count).